The predicted octanol–water partition coefficient (Wildman–Crippen LogP) is 3.51. The van der Waals surface area contributed by atoms with E-state index in [4.69, 9.17) is 23.2 Å². The van der Waals surface area contributed by atoms with Crippen LogP contribution in [0.25, 0.3) is 0 Å². The summed E-state index contributed by atoms with van der Waals surface area (Å²) in [6, 6.07) is 6.85. The van der Waals surface area contributed by atoms with Crippen molar-refractivity contribution in [1.82, 2.24) is 9.97 Å². The van der Waals surface area contributed by atoms with Crippen molar-refractivity contribution in [1.29, 1.82) is 0 Å². The van der Waals surface area contributed by atoms with Crippen LogP contribution in [-0.2, 0) is 4.79 Å². The normalized spacial score (nSPS) is 10.2. The van der Waals surface area contributed by atoms with Gasteiger partial charge in [0.05, 0.1) is 16.5 Å². The smallest absolute Gasteiger partial charge is 0.234 e. The van der Waals surface area contributed by atoms with Crippen LogP contribution >= 0.6 is 35.0 Å². The van der Waals surface area contributed by atoms with Gasteiger partial charge >= 0.3 is 0 Å². The highest BCUT2D eigenvalue weighted by atomic mass is 35.5. The summed E-state index contributed by atoms with van der Waals surface area (Å²) in [4.78, 5) is 19.7. The van der Waals surface area contributed by atoms with Crippen molar-refractivity contribution in [3.63, 3.8) is 0 Å². The van der Waals surface area contributed by atoms with Crippen LogP contribution in [0.2, 0.25) is 10.2 Å². The van der Waals surface area contributed by atoms with Crippen LogP contribution in [0.4, 0.5) is 5.69 Å². The molecule has 2 heterocycles. The number of aromatic nitrogens is 2. The fourth-order valence-electron chi connectivity index (χ4n) is 1.28. The van der Waals surface area contributed by atoms with Crippen LogP contribution in [0.15, 0.2) is 41.7 Å². The van der Waals surface area contributed by atoms with Gasteiger partial charge in [-0.3, -0.25) is 4.79 Å². The van der Waals surface area contributed by atoms with Gasteiger partial charge in [0, 0.05) is 12.4 Å². The third-order valence-corrected chi connectivity index (χ3v) is 3.82. The average molecular weight is 314 g/mol. The zero-order valence-corrected chi connectivity index (χ0v) is 12.0. The molecule has 2 aromatic rings. The molecule has 7 heteroatoms. The van der Waals surface area contributed by atoms with E-state index >= 15 is 0 Å². The van der Waals surface area contributed by atoms with Crippen molar-refractivity contribution in [2.75, 3.05) is 11.1 Å². The maximum Gasteiger partial charge on any atom is 0.234 e. The third-order valence-electron chi connectivity index (χ3n) is 2.10. The van der Waals surface area contributed by atoms with Gasteiger partial charge in [-0.25, -0.2) is 9.97 Å². The molecule has 0 saturated carbocycles. The Balaban J connectivity index is 1.92. The van der Waals surface area contributed by atoms with Gasteiger partial charge in [0.1, 0.15) is 5.03 Å². The van der Waals surface area contributed by atoms with Gasteiger partial charge in [-0.05, 0) is 24.3 Å². The second kappa shape index (κ2) is 6.75. The molecular formula is C12H9Cl2N3OS. The first-order valence-electron chi connectivity index (χ1n) is 5.30. The number of rotatable bonds is 4. The van der Waals surface area contributed by atoms with Crippen LogP contribution in [-0.4, -0.2) is 21.6 Å². The molecule has 98 valence electrons. The Hall–Kier alpha value is -1.30. The van der Waals surface area contributed by atoms with E-state index in [1.807, 2.05) is 0 Å². The van der Waals surface area contributed by atoms with Crippen LogP contribution in [0.1, 0.15) is 0 Å². The van der Waals surface area contributed by atoms with Gasteiger partial charge in [0.25, 0.3) is 0 Å². The van der Waals surface area contributed by atoms with Crippen LogP contribution in [0, 0.1) is 0 Å². The van der Waals surface area contributed by atoms with E-state index in [0.29, 0.717) is 15.7 Å². The van der Waals surface area contributed by atoms with Gasteiger partial charge in [-0.1, -0.05) is 35.0 Å². The SMILES string of the molecule is O=C(CSc1ncccc1Cl)Nc1cccnc1Cl. The lowest BCUT2D eigenvalue weighted by molar-refractivity contribution is -0.113. The Bertz CT molecular complexity index is 595. The minimum atomic E-state index is -0.193. The molecule has 0 saturated heterocycles. The molecule has 1 N–H and O–H groups in total. The number of hydrogen-bond donors (Lipinski definition) is 1. The molecule has 2 rings (SSSR count). The van der Waals surface area contributed by atoms with E-state index in [9.17, 15) is 4.79 Å². The number of anilines is 1. The molecule has 19 heavy (non-hydrogen) atoms. The molecule has 0 aliphatic heterocycles. The largest absolute Gasteiger partial charge is 0.323 e. The van der Waals surface area contributed by atoms with Crippen molar-refractivity contribution >= 4 is 46.6 Å². The molecule has 2 aromatic heterocycles. The second-order valence-corrected chi connectivity index (χ2v) is 5.20. The fraction of sp³-hybridized carbons (Fsp3) is 0.0833. The number of hydrogen-bond acceptors (Lipinski definition) is 4. The van der Waals surface area contributed by atoms with Crippen molar-refractivity contribution in [3.8, 4) is 0 Å². The van der Waals surface area contributed by atoms with Crippen molar-refractivity contribution < 1.29 is 4.79 Å². The molecule has 0 aliphatic carbocycles. The molecule has 0 aliphatic rings. The molecular weight excluding hydrogens is 305 g/mol. The van der Waals surface area contributed by atoms with E-state index in [0.717, 1.165) is 0 Å². The highest BCUT2D eigenvalue weighted by Gasteiger charge is 2.08. The highest BCUT2D eigenvalue weighted by molar-refractivity contribution is 8.00. The van der Waals surface area contributed by atoms with E-state index in [1.54, 1.807) is 36.7 Å². The maximum absolute atomic E-state index is 11.8. The van der Waals surface area contributed by atoms with Gasteiger partial charge in [0.2, 0.25) is 5.91 Å². The van der Waals surface area contributed by atoms with E-state index in [2.05, 4.69) is 15.3 Å². The minimum Gasteiger partial charge on any atom is -0.323 e. The molecule has 0 unspecified atom stereocenters. The standard InChI is InChI=1S/C12H9Cl2N3OS/c13-8-3-1-6-16-12(8)19-7-10(18)17-9-4-2-5-15-11(9)14/h1-6H,7H2,(H,17,18). The summed E-state index contributed by atoms with van der Waals surface area (Å²) < 4.78 is 0. The van der Waals surface area contributed by atoms with Crippen LogP contribution < -0.4 is 5.32 Å². The molecule has 4 nitrogen and oxygen atoms in total. The topological polar surface area (TPSA) is 54.9 Å². The number of amides is 1. The molecule has 0 spiro atoms. The number of halogens is 2. The Morgan fingerprint density at radius 2 is 1.95 bits per heavy atom. The number of nitrogens with zero attached hydrogens (tertiary/aromatic N) is 2. The van der Waals surface area contributed by atoms with Crippen molar-refractivity contribution in [2.45, 2.75) is 5.03 Å². The molecule has 0 aromatic carbocycles. The predicted molar refractivity (Wildman–Crippen MR) is 77.8 cm³/mol. The Morgan fingerprint density at radius 3 is 2.68 bits per heavy atom. The summed E-state index contributed by atoms with van der Waals surface area (Å²) in [5.74, 6) is 0.00344. The zero-order valence-electron chi connectivity index (χ0n) is 9.64. The summed E-state index contributed by atoms with van der Waals surface area (Å²) in [7, 11) is 0. The van der Waals surface area contributed by atoms with Crippen molar-refractivity contribution in [3.05, 3.63) is 46.8 Å². The van der Waals surface area contributed by atoms with Crippen LogP contribution in [0.5, 0.6) is 0 Å². The molecule has 1 amide bonds. The number of carbonyl (C=O) groups is 1. The zero-order chi connectivity index (χ0) is 13.7. The first-order chi connectivity index (χ1) is 9.16. The van der Waals surface area contributed by atoms with Gasteiger partial charge in [0.15, 0.2) is 5.15 Å². The third kappa shape index (κ3) is 4.09. The molecule has 0 radical (unpaired) electrons. The first-order valence-corrected chi connectivity index (χ1v) is 7.04. The molecule has 0 atom stereocenters. The van der Waals surface area contributed by atoms with Crippen LogP contribution in [0.3, 0.4) is 0 Å². The first kappa shape index (κ1) is 14.1. The summed E-state index contributed by atoms with van der Waals surface area (Å²) in [6.45, 7) is 0. The number of thioether (sulfide) groups is 1. The maximum atomic E-state index is 11.8. The summed E-state index contributed by atoms with van der Waals surface area (Å²) in [6.07, 6.45) is 3.19. The van der Waals surface area contributed by atoms with Gasteiger partial charge < -0.3 is 5.32 Å². The summed E-state index contributed by atoms with van der Waals surface area (Å²) >= 11 is 13.1. The Labute approximate surface area is 124 Å². The summed E-state index contributed by atoms with van der Waals surface area (Å²) in [5.41, 5.74) is 0.488. The summed E-state index contributed by atoms with van der Waals surface area (Å²) in [5, 5.41) is 4.09. The lowest BCUT2D eigenvalue weighted by Gasteiger charge is -2.06. The molecule has 0 bridgehead atoms. The Morgan fingerprint density at radius 1 is 1.21 bits per heavy atom. The minimum absolute atomic E-state index is 0.193. The quantitative estimate of drug-likeness (QED) is 0.693. The van der Waals surface area contributed by atoms with E-state index in [-0.39, 0.29) is 16.8 Å². The lowest BCUT2D eigenvalue weighted by atomic mass is 10.4. The highest BCUT2D eigenvalue weighted by Crippen LogP contribution is 2.24. The monoisotopic (exact) mass is 313 g/mol. The lowest BCUT2D eigenvalue weighted by Crippen LogP contribution is -2.14. The average Bonchev–Trinajstić information content (AvgIpc) is 2.40. The van der Waals surface area contributed by atoms with E-state index in [1.165, 1.54) is 11.8 Å². The number of nitrogens with one attached hydrogen (secondary N) is 1. The number of pyridine rings is 2. The fourth-order valence-corrected chi connectivity index (χ4v) is 2.41. The van der Waals surface area contributed by atoms with Gasteiger partial charge in [-0.2, -0.15) is 0 Å². The van der Waals surface area contributed by atoms with Gasteiger partial charge in [-0.15, -0.1) is 0 Å². The number of carbonyl (C=O) groups excluding carboxylic acids is 1. The van der Waals surface area contributed by atoms with E-state index < -0.39 is 0 Å². The second-order valence-electron chi connectivity index (χ2n) is 3.47. The van der Waals surface area contributed by atoms with Crippen molar-refractivity contribution in [2.24, 2.45) is 0 Å². The Kier molecular flexibility index (Phi) is 5.01. The molecule has 0 fully saturated rings.